The number of primary sulfonamides is 1. The average Bonchev–Trinajstić information content (AvgIpc) is 2.35. The molecule has 0 aliphatic carbocycles. The van der Waals surface area contributed by atoms with Gasteiger partial charge in [-0.05, 0) is 30.7 Å². The molecule has 1 rings (SSSR count). The van der Waals surface area contributed by atoms with Crippen molar-refractivity contribution in [3.05, 3.63) is 29.8 Å². The maximum Gasteiger partial charge on any atom is 0.238 e. The number of sulfonamides is 1. The Hall–Kier alpha value is -1.44. The second kappa shape index (κ2) is 6.65. The maximum atomic E-state index is 11.6. The summed E-state index contributed by atoms with van der Waals surface area (Å²) in [7, 11) is -3.67. The van der Waals surface area contributed by atoms with Crippen molar-refractivity contribution in [2.24, 2.45) is 16.8 Å². The van der Waals surface area contributed by atoms with Gasteiger partial charge in [-0.15, -0.1) is 0 Å². The molecule has 0 aromatic heterocycles. The molecule has 0 spiro atoms. The lowest BCUT2D eigenvalue weighted by Crippen LogP contribution is -2.29. The lowest BCUT2D eigenvalue weighted by molar-refractivity contribution is -0.124. The molecule has 5 N–H and O–H groups in total. The highest BCUT2D eigenvalue weighted by Crippen LogP contribution is 2.09. The van der Waals surface area contributed by atoms with E-state index in [-0.39, 0.29) is 16.7 Å². The molecule has 0 radical (unpaired) electrons. The third-order valence-corrected chi connectivity index (χ3v) is 3.70. The van der Waals surface area contributed by atoms with Crippen molar-refractivity contribution >= 4 is 15.9 Å². The summed E-state index contributed by atoms with van der Waals surface area (Å²) in [5.74, 6) is -0.199. The van der Waals surface area contributed by atoms with E-state index < -0.39 is 10.0 Å². The van der Waals surface area contributed by atoms with Crippen molar-refractivity contribution in [2.45, 2.75) is 24.8 Å². The molecule has 19 heavy (non-hydrogen) atoms. The van der Waals surface area contributed by atoms with Crippen LogP contribution in [0.15, 0.2) is 29.2 Å². The molecule has 1 unspecified atom stereocenters. The summed E-state index contributed by atoms with van der Waals surface area (Å²) < 4.78 is 22.1. The first-order chi connectivity index (χ1) is 8.84. The summed E-state index contributed by atoms with van der Waals surface area (Å²) in [6.07, 6.45) is 0.635. The minimum atomic E-state index is -3.67. The van der Waals surface area contributed by atoms with Crippen LogP contribution < -0.4 is 16.2 Å². The largest absolute Gasteiger partial charge is 0.352 e. The number of benzene rings is 1. The third kappa shape index (κ3) is 4.98. The van der Waals surface area contributed by atoms with Crippen LogP contribution in [0.2, 0.25) is 0 Å². The van der Waals surface area contributed by atoms with Gasteiger partial charge in [0.05, 0.1) is 4.90 Å². The van der Waals surface area contributed by atoms with E-state index in [2.05, 4.69) is 5.32 Å². The fourth-order valence-electron chi connectivity index (χ4n) is 1.54. The predicted molar refractivity (Wildman–Crippen MR) is 72.5 cm³/mol. The van der Waals surface area contributed by atoms with Crippen LogP contribution in [0.25, 0.3) is 0 Å². The van der Waals surface area contributed by atoms with E-state index in [0.717, 1.165) is 5.56 Å². The Morgan fingerprint density at radius 1 is 1.32 bits per heavy atom. The number of carbonyl (C=O) groups is 1. The predicted octanol–water partition coefficient (Wildman–Crippen LogP) is -0.0649. The van der Waals surface area contributed by atoms with Crippen molar-refractivity contribution in [2.75, 3.05) is 6.54 Å². The second-order valence-corrected chi connectivity index (χ2v) is 5.95. The Balaban J connectivity index is 2.58. The van der Waals surface area contributed by atoms with E-state index >= 15 is 0 Å². The highest BCUT2D eigenvalue weighted by Gasteiger charge is 2.11. The first kappa shape index (κ1) is 15.6. The SMILES string of the molecule is CC(CCN)C(=O)NCc1ccc(S(N)(=O)=O)cc1. The van der Waals surface area contributed by atoms with Gasteiger partial charge in [0.1, 0.15) is 0 Å². The van der Waals surface area contributed by atoms with Gasteiger partial charge in [-0.3, -0.25) is 4.79 Å². The molecule has 106 valence electrons. The molecular weight excluding hydrogens is 266 g/mol. The first-order valence-corrected chi connectivity index (χ1v) is 7.48. The average molecular weight is 285 g/mol. The lowest BCUT2D eigenvalue weighted by Gasteiger charge is -2.11. The van der Waals surface area contributed by atoms with Crippen LogP contribution in [0, 0.1) is 5.92 Å². The van der Waals surface area contributed by atoms with E-state index in [9.17, 15) is 13.2 Å². The van der Waals surface area contributed by atoms with E-state index in [4.69, 9.17) is 10.9 Å². The lowest BCUT2D eigenvalue weighted by atomic mass is 10.1. The summed E-state index contributed by atoms with van der Waals surface area (Å²) in [5, 5.41) is 7.76. The van der Waals surface area contributed by atoms with Crippen LogP contribution in [0.4, 0.5) is 0 Å². The summed E-state index contributed by atoms with van der Waals surface area (Å²) in [5.41, 5.74) is 6.19. The Labute approximate surface area is 113 Å². The Kier molecular flexibility index (Phi) is 5.46. The summed E-state index contributed by atoms with van der Waals surface area (Å²) in [4.78, 5) is 11.7. The zero-order chi connectivity index (χ0) is 14.5. The number of rotatable bonds is 6. The van der Waals surface area contributed by atoms with Crippen molar-refractivity contribution in [3.63, 3.8) is 0 Å². The smallest absolute Gasteiger partial charge is 0.238 e. The molecular formula is C12H19N3O3S. The van der Waals surface area contributed by atoms with E-state index in [0.29, 0.717) is 19.5 Å². The summed E-state index contributed by atoms with van der Waals surface area (Å²) in [6, 6.07) is 6.07. The molecule has 0 fully saturated rings. The Bertz CT molecular complexity index is 526. The molecule has 1 amide bonds. The number of hydrogen-bond donors (Lipinski definition) is 3. The molecule has 0 aliphatic heterocycles. The number of hydrogen-bond acceptors (Lipinski definition) is 4. The van der Waals surface area contributed by atoms with Gasteiger partial charge < -0.3 is 11.1 Å². The second-order valence-electron chi connectivity index (χ2n) is 4.39. The van der Waals surface area contributed by atoms with Gasteiger partial charge >= 0.3 is 0 Å². The third-order valence-electron chi connectivity index (χ3n) is 2.77. The van der Waals surface area contributed by atoms with E-state index in [1.165, 1.54) is 12.1 Å². The number of nitrogens with two attached hydrogens (primary N) is 2. The van der Waals surface area contributed by atoms with Crippen molar-refractivity contribution in [1.29, 1.82) is 0 Å². The van der Waals surface area contributed by atoms with Gasteiger partial charge in [0.15, 0.2) is 0 Å². The number of carbonyl (C=O) groups excluding carboxylic acids is 1. The quantitative estimate of drug-likeness (QED) is 0.678. The summed E-state index contributed by atoms with van der Waals surface area (Å²) >= 11 is 0. The molecule has 0 saturated heterocycles. The standard InChI is InChI=1S/C12H19N3O3S/c1-9(6-7-13)12(16)15-8-10-2-4-11(5-3-10)19(14,17)18/h2-5,9H,6-8,13H2,1H3,(H,15,16)(H2,14,17,18). The minimum absolute atomic E-state index is 0.0547. The van der Waals surface area contributed by atoms with Gasteiger partial charge in [0, 0.05) is 12.5 Å². The Morgan fingerprint density at radius 2 is 1.89 bits per heavy atom. The van der Waals surface area contributed by atoms with Crippen molar-refractivity contribution < 1.29 is 13.2 Å². The monoisotopic (exact) mass is 285 g/mol. The Morgan fingerprint density at radius 3 is 2.37 bits per heavy atom. The zero-order valence-electron chi connectivity index (χ0n) is 10.8. The molecule has 6 nitrogen and oxygen atoms in total. The molecule has 1 aromatic carbocycles. The van der Waals surface area contributed by atoms with Gasteiger partial charge in [-0.2, -0.15) is 0 Å². The summed E-state index contributed by atoms with van der Waals surface area (Å²) in [6.45, 7) is 2.63. The molecule has 1 aromatic rings. The fraction of sp³-hybridized carbons (Fsp3) is 0.417. The van der Waals surface area contributed by atoms with Crippen molar-refractivity contribution in [3.8, 4) is 0 Å². The molecule has 0 saturated carbocycles. The molecule has 0 bridgehead atoms. The fourth-order valence-corrected chi connectivity index (χ4v) is 2.06. The van der Waals surface area contributed by atoms with Crippen LogP contribution in [-0.2, 0) is 21.4 Å². The molecule has 0 heterocycles. The van der Waals surface area contributed by atoms with Gasteiger partial charge in [-0.25, -0.2) is 13.6 Å². The van der Waals surface area contributed by atoms with Gasteiger partial charge in [0.25, 0.3) is 0 Å². The van der Waals surface area contributed by atoms with E-state index in [1.54, 1.807) is 12.1 Å². The van der Waals surface area contributed by atoms with Crippen LogP contribution >= 0.6 is 0 Å². The number of nitrogens with one attached hydrogen (secondary N) is 1. The zero-order valence-corrected chi connectivity index (χ0v) is 11.6. The van der Waals surface area contributed by atoms with E-state index in [1.807, 2.05) is 6.92 Å². The highest BCUT2D eigenvalue weighted by molar-refractivity contribution is 7.89. The van der Waals surface area contributed by atoms with Gasteiger partial charge in [-0.1, -0.05) is 19.1 Å². The molecule has 0 aliphatic rings. The van der Waals surface area contributed by atoms with Crippen molar-refractivity contribution in [1.82, 2.24) is 5.32 Å². The number of amides is 1. The normalized spacial score (nSPS) is 13.0. The van der Waals surface area contributed by atoms with Crippen LogP contribution in [0.1, 0.15) is 18.9 Å². The first-order valence-electron chi connectivity index (χ1n) is 5.94. The molecule has 7 heteroatoms. The topological polar surface area (TPSA) is 115 Å². The van der Waals surface area contributed by atoms with Crippen LogP contribution in [0.3, 0.4) is 0 Å². The van der Waals surface area contributed by atoms with Crippen LogP contribution in [0.5, 0.6) is 0 Å². The van der Waals surface area contributed by atoms with Gasteiger partial charge in [0.2, 0.25) is 15.9 Å². The highest BCUT2D eigenvalue weighted by atomic mass is 32.2. The minimum Gasteiger partial charge on any atom is -0.352 e. The maximum absolute atomic E-state index is 11.6. The van der Waals surface area contributed by atoms with Crippen LogP contribution in [-0.4, -0.2) is 20.9 Å². The molecule has 1 atom stereocenters.